The number of anilines is 2. The molecule has 14 heteroatoms. The lowest BCUT2D eigenvalue weighted by Crippen LogP contribution is -2.56. The van der Waals surface area contributed by atoms with Crippen LogP contribution in [0.15, 0.2) is 48.7 Å². The van der Waals surface area contributed by atoms with Crippen molar-refractivity contribution in [3.05, 3.63) is 76.7 Å². The van der Waals surface area contributed by atoms with Crippen LogP contribution in [0.5, 0.6) is 0 Å². The number of ether oxygens (including phenoxy) is 2. The number of aromatic nitrogens is 2. The van der Waals surface area contributed by atoms with Gasteiger partial charge in [-0.2, -0.15) is 0 Å². The molecule has 1 aromatic heterocycles. The summed E-state index contributed by atoms with van der Waals surface area (Å²) in [5.41, 5.74) is 15.7. The minimum atomic E-state index is -0.679. The number of hydrogen-bond acceptors (Lipinski definition) is 9. The molecule has 3 aromatic carbocycles. The van der Waals surface area contributed by atoms with Gasteiger partial charge in [0.25, 0.3) is 0 Å². The summed E-state index contributed by atoms with van der Waals surface area (Å²) in [6.07, 6.45) is 12.1. The average molecular weight is 975 g/mol. The van der Waals surface area contributed by atoms with Gasteiger partial charge in [0.15, 0.2) is 0 Å². The first-order valence-corrected chi connectivity index (χ1v) is 26.8. The van der Waals surface area contributed by atoms with Crippen molar-refractivity contribution in [3.63, 3.8) is 0 Å². The van der Waals surface area contributed by atoms with Crippen LogP contribution in [-0.4, -0.2) is 95.4 Å². The fraction of sp³-hybridized carbons (Fsp3) is 0.561. The Balaban J connectivity index is 0.00000151. The SMILES string of the molecule is CC.CCC(C)[C@H](NC(=O)OC)C(=O)N1CCC[C@H]1C1Nc2ccc(-c3ccc(-c4ccc(-c5cnc([C@@H]6CCCN6C(=O)[C@@H](NC(=O)OC)C(C)C)[nH]5)c5c4C4CCC4C5)c4c3C3CCC4C3)cc2N1.[HH].[HH].[HH].[HH]. The van der Waals surface area contributed by atoms with Crippen LogP contribution >= 0.6 is 0 Å². The van der Waals surface area contributed by atoms with Crippen LogP contribution < -0.4 is 21.3 Å². The van der Waals surface area contributed by atoms with Gasteiger partial charge in [0.05, 0.1) is 49.6 Å². The van der Waals surface area contributed by atoms with E-state index in [4.69, 9.17) is 14.5 Å². The molecule has 11 rings (SSSR count). The van der Waals surface area contributed by atoms with Gasteiger partial charge in [0.2, 0.25) is 11.8 Å². The number of likely N-dealkylation sites (tertiary alicyclic amines) is 2. The Kier molecular flexibility index (Phi) is 13.6. The molecule has 4 heterocycles. The molecule has 0 spiro atoms. The predicted octanol–water partition coefficient (Wildman–Crippen LogP) is 11.8. The number of H-pyrrole nitrogens is 1. The Morgan fingerprint density at radius 3 is 2.07 bits per heavy atom. The third kappa shape index (κ3) is 8.50. The van der Waals surface area contributed by atoms with E-state index >= 15 is 0 Å². The van der Waals surface area contributed by atoms with Crippen molar-refractivity contribution in [2.24, 2.45) is 17.8 Å². The van der Waals surface area contributed by atoms with Crippen LogP contribution in [0.2, 0.25) is 0 Å². The molecule has 7 aliphatic rings. The second-order valence-electron chi connectivity index (χ2n) is 21.4. The molecule has 4 aliphatic carbocycles. The predicted molar refractivity (Wildman–Crippen MR) is 286 cm³/mol. The van der Waals surface area contributed by atoms with Crippen molar-refractivity contribution >= 4 is 35.4 Å². The fourth-order valence-corrected chi connectivity index (χ4v) is 13.6. The number of alkyl carbamates (subject to hydrolysis) is 2. The molecule has 14 nitrogen and oxygen atoms in total. The van der Waals surface area contributed by atoms with Gasteiger partial charge in [-0.05, 0) is 156 Å². The lowest BCUT2D eigenvalue weighted by molar-refractivity contribution is -0.136. The Labute approximate surface area is 425 Å². The molecule has 386 valence electrons. The molecule has 5 N–H and O–H groups in total. The van der Waals surface area contributed by atoms with E-state index in [2.05, 4.69) is 68.7 Å². The summed E-state index contributed by atoms with van der Waals surface area (Å²) in [5.74, 6) is 2.82. The summed E-state index contributed by atoms with van der Waals surface area (Å²) in [6, 6.07) is 14.7. The average Bonchev–Trinajstić information content (AvgIpc) is 4.25. The topological polar surface area (TPSA) is 170 Å². The van der Waals surface area contributed by atoms with Crippen molar-refractivity contribution in [1.82, 2.24) is 30.4 Å². The highest BCUT2D eigenvalue weighted by Crippen LogP contribution is 2.61. The third-order valence-electron chi connectivity index (χ3n) is 17.4. The minimum absolute atomic E-state index is 0. The van der Waals surface area contributed by atoms with Crippen LogP contribution in [0.4, 0.5) is 21.0 Å². The van der Waals surface area contributed by atoms with Gasteiger partial charge in [-0.25, -0.2) is 14.6 Å². The zero-order valence-corrected chi connectivity index (χ0v) is 43.0. The maximum atomic E-state index is 14.1. The molecule has 10 atom stereocenters. The first kappa shape index (κ1) is 48.6. The lowest BCUT2D eigenvalue weighted by atomic mass is 9.72. The summed E-state index contributed by atoms with van der Waals surface area (Å²) in [7, 11) is 2.65. The number of amides is 4. The molecule has 4 fully saturated rings. The number of carbonyl (C=O) groups is 4. The van der Waals surface area contributed by atoms with Gasteiger partial charge >= 0.3 is 12.2 Å². The van der Waals surface area contributed by atoms with Gasteiger partial charge in [-0.15, -0.1) is 0 Å². The standard InChI is InChI=1S/C55H68N8O6.C2H6.4H2/c1-7-29(4)49(61-55(67)69-6)53(65)63-23-9-11-44(63)51-57-40-21-15-31(26-41(40)58-51)34-17-19-37(46-33-13-12-32(24-33)45(34)46)38-20-18-36(39-25-30-14-16-35(30)47(38)39)42-27-56-50(59-42)43-10-8-22-62(43)52(64)48(28(2)3)60-54(66)68-5;1-2;;;;/h15,17-21,26-30,32-33,35,43-44,48-49,51,57-58H,7-14,16,22-25H2,1-6H3,(H,56,59)(H,60,66)(H,61,67);1-2H3;4*1H/t29?,30?,32?,33?,35?,43-,44-,48-,49-,51?;;;;;/m0...../s1. The minimum Gasteiger partial charge on any atom is -0.453 e. The largest absolute Gasteiger partial charge is 0.453 e. The first-order valence-electron chi connectivity index (χ1n) is 26.8. The number of nitrogens with zero attached hydrogens (tertiary/aromatic N) is 3. The number of fused-ring (bicyclic) bond motifs is 9. The summed E-state index contributed by atoms with van der Waals surface area (Å²) < 4.78 is 9.75. The highest BCUT2D eigenvalue weighted by Gasteiger charge is 2.46. The maximum Gasteiger partial charge on any atom is 0.407 e. The number of rotatable bonds is 12. The van der Waals surface area contributed by atoms with E-state index in [1.165, 1.54) is 90.8 Å². The molecule has 2 bridgehead atoms. The highest BCUT2D eigenvalue weighted by molar-refractivity contribution is 5.90. The summed E-state index contributed by atoms with van der Waals surface area (Å²) in [5, 5.41) is 13.1. The Hall–Kier alpha value is -6.05. The Morgan fingerprint density at radius 1 is 0.746 bits per heavy atom. The van der Waals surface area contributed by atoms with E-state index in [0.29, 0.717) is 36.8 Å². The van der Waals surface area contributed by atoms with Crippen LogP contribution in [0.3, 0.4) is 0 Å². The first-order chi connectivity index (χ1) is 34.5. The maximum absolute atomic E-state index is 14.1. The molecule has 3 aliphatic heterocycles. The number of benzene rings is 3. The summed E-state index contributed by atoms with van der Waals surface area (Å²) in [6.45, 7) is 13.2. The van der Waals surface area contributed by atoms with E-state index in [0.717, 1.165) is 61.4 Å². The molecular formula is C57H82N8O6. The van der Waals surface area contributed by atoms with Crippen molar-refractivity contribution < 1.29 is 34.4 Å². The second kappa shape index (κ2) is 19.9. The van der Waals surface area contributed by atoms with Gasteiger partial charge in [0, 0.05) is 24.4 Å². The molecule has 6 unspecified atom stereocenters. The molecule has 4 amide bonds. The van der Waals surface area contributed by atoms with E-state index in [1.807, 2.05) is 57.5 Å². The van der Waals surface area contributed by atoms with Crippen LogP contribution in [-0.2, 0) is 25.5 Å². The number of nitrogens with one attached hydrogen (secondary N) is 5. The van der Waals surface area contributed by atoms with Crippen LogP contribution in [0.1, 0.15) is 163 Å². The van der Waals surface area contributed by atoms with Crippen molar-refractivity contribution in [2.45, 2.75) is 160 Å². The Bertz CT molecular complexity index is 2720. The van der Waals surface area contributed by atoms with Gasteiger partial charge in [0.1, 0.15) is 24.1 Å². The molecule has 0 radical (unpaired) electrons. The number of aromatic amines is 1. The fourth-order valence-electron chi connectivity index (χ4n) is 13.6. The molecule has 71 heavy (non-hydrogen) atoms. The van der Waals surface area contributed by atoms with E-state index in [-0.39, 0.29) is 47.6 Å². The smallest absolute Gasteiger partial charge is 0.407 e. The van der Waals surface area contributed by atoms with Crippen molar-refractivity contribution in [2.75, 3.05) is 37.9 Å². The molecular weight excluding hydrogens is 893 g/mol. The number of hydrogen-bond donors (Lipinski definition) is 5. The van der Waals surface area contributed by atoms with E-state index < -0.39 is 24.3 Å². The second-order valence-corrected chi connectivity index (χ2v) is 21.4. The lowest BCUT2D eigenvalue weighted by Gasteiger charge is -2.34. The molecule has 2 saturated carbocycles. The number of methoxy groups -OCH3 is 2. The Morgan fingerprint density at radius 2 is 1.38 bits per heavy atom. The molecule has 2 saturated heterocycles. The monoisotopic (exact) mass is 975 g/mol. The highest BCUT2D eigenvalue weighted by atomic mass is 16.5. The molecule has 4 aromatic rings. The van der Waals surface area contributed by atoms with Gasteiger partial charge < -0.3 is 45.5 Å². The van der Waals surface area contributed by atoms with E-state index in [1.54, 1.807) is 5.56 Å². The zero-order valence-electron chi connectivity index (χ0n) is 43.0. The normalized spacial score (nSPS) is 25.3. The summed E-state index contributed by atoms with van der Waals surface area (Å²) in [4.78, 5) is 65.0. The number of carbonyl (C=O) groups excluding carboxylic acids is 4. The van der Waals surface area contributed by atoms with Crippen molar-refractivity contribution in [3.8, 4) is 33.5 Å². The van der Waals surface area contributed by atoms with Crippen LogP contribution in [0.25, 0.3) is 33.5 Å². The van der Waals surface area contributed by atoms with Crippen LogP contribution in [0, 0.1) is 17.8 Å². The van der Waals surface area contributed by atoms with E-state index in [9.17, 15) is 19.2 Å². The quantitative estimate of drug-likeness (QED) is 0.0927. The van der Waals surface area contributed by atoms with Gasteiger partial charge in [-0.3, -0.25) is 9.59 Å². The van der Waals surface area contributed by atoms with Crippen molar-refractivity contribution in [1.29, 1.82) is 0 Å². The third-order valence-corrected chi connectivity index (χ3v) is 17.4. The van der Waals surface area contributed by atoms with Gasteiger partial charge in [-0.1, -0.05) is 78.3 Å². The number of imidazole rings is 1. The summed E-state index contributed by atoms with van der Waals surface area (Å²) >= 11 is 0. The zero-order chi connectivity index (χ0) is 49.8.